The Balaban J connectivity index is 1.35. The van der Waals surface area contributed by atoms with Crippen LogP contribution in [-0.4, -0.2) is 55.7 Å². The number of rotatable bonds is 6. The molecule has 1 amide bonds. The van der Waals surface area contributed by atoms with E-state index in [0.717, 1.165) is 31.2 Å². The smallest absolute Gasteiger partial charge is 0.338 e. The molecule has 0 saturated heterocycles. The second-order valence-corrected chi connectivity index (χ2v) is 10.7. The van der Waals surface area contributed by atoms with Crippen molar-refractivity contribution in [3.8, 4) is 0 Å². The summed E-state index contributed by atoms with van der Waals surface area (Å²) in [5.41, 5.74) is 2.40. The second-order valence-electron chi connectivity index (χ2n) is 8.75. The number of nitrogens with zero attached hydrogens (tertiary/aromatic N) is 2. The Hall–Kier alpha value is -2.71. The van der Waals surface area contributed by atoms with Gasteiger partial charge in [-0.2, -0.15) is 4.31 Å². The predicted molar refractivity (Wildman–Crippen MR) is 124 cm³/mol. The van der Waals surface area contributed by atoms with Gasteiger partial charge in [-0.3, -0.25) is 4.79 Å². The summed E-state index contributed by atoms with van der Waals surface area (Å²) in [5.74, 6) is -0.865. The Morgan fingerprint density at radius 1 is 1.00 bits per heavy atom. The average molecular weight is 471 g/mol. The molecule has 4 rings (SSSR count). The van der Waals surface area contributed by atoms with Crippen LogP contribution in [0.5, 0.6) is 0 Å². The fourth-order valence-electron chi connectivity index (χ4n) is 4.57. The lowest BCUT2D eigenvalue weighted by molar-refractivity contribution is -0.135. The number of amides is 1. The minimum absolute atomic E-state index is 0.131. The van der Waals surface area contributed by atoms with E-state index in [0.29, 0.717) is 19.5 Å². The van der Waals surface area contributed by atoms with Crippen LogP contribution in [-0.2, 0) is 32.5 Å². The van der Waals surface area contributed by atoms with Gasteiger partial charge in [-0.25, -0.2) is 13.2 Å². The number of fused-ring (bicyclic) bond motifs is 1. The molecule has 2 aromatic carbocycles. The van der Waals surface area contributed by atoms with Crippen LogP contribution in [0.2, 0.25) is 0 Å². The van der Waals surface area contributed by atoms with Crippen molar-refractivity contribution in [1.82, 2.24) is 9.21 Å². The molecule has 0 N–H and O–H groups in total. The Bertz CT molecular complexity index is 1110. The van der Waals surface area contributed by atoms with Gasteiger partial charge in [-0.05, 0) is 54.7 Å². The van der Waals surface area contributed by atoms with Crippen molar-refractivity contribution in [1.29, 1.82) is 0 Å². The maximum Gasteiger partial charge on any atom is 0.338 e. The maximum absolute atomic E-state index is 13.1. The third-order valence-electron chi connectivity index (χ3n) is 6.67. The number of hydrogen-bond acceptors (Lipinski definition) is 5. The van der Waals surface area contributed by atoms with Crippen LogP contribution in [0.1, 0.15) is 53.6 Å². The van der Waals surface area contributed by atoms with Crippen molar-refractivity contribution in [2.45, 2.75) is 56.0 Å². The standard InChI is InChI=1S/C25H30N2O5S/c1-26(22-9-3-2-4-10-22)24(28)18-32-25(29)20-11-13-23(14-12-20)33(30,31)27-16-15-19-7-5-6-8-21(19)17-27/h5-8,11-14,22H,2-4,9-10,15-18H2,1H3. The molecule has 0 atom stereocenters. The Labute approximate surface area is 195 Å². The van der Waals surface area contributed by atoms with E-state index in [4.69, 9.17) is 4.74 Å². The van der Waals surface area contributed by atoms with Crippen LogP contribution >= 0.6 is 0 Å². The van der Waals surface area contributed by atoms with E-state index in [1.165, 1.54) is 40.6 Å². The molecule has 8 heteroatoms. The predicted octanol–water partition coefficient (Wildman–Crippen LogP) is 3.38. The molecule has 2 aromatic rings. The lowest BCUT2D eigenvalue weighted by atomic mass is 9.94. The maximum atomic E-state index is 13.1. The van der Waals surface area contributed by atoms with E-state index in [1.54, 1.807) is 11.9 Å². The molecule has 1 aliphatic heterocycles. The zero-order valence-electron chi connectivity index (χ0n) is 18.9. The van der Waals surface area contributed by atoms with Crippen molar-refractivity contribution in [2.24, 2.45) is 0 Å². The third-order valence-corrected chi connectivity index (χ3v) is 8.53. The number of hydrogen-bond donors (Lipinski definition) is 0. The highest BCUT2D eigenvalue weighted by atomic mass is 32.2. The second kappa shape index (κ2) is 10.1. The van der Waals surface area contributed by atoms with Gasteiger partial charge in [0.2, 0.25) is 10.0 Å². The number of esters is 1. The van der Waals surface area contributed by atoms with Crippen LogP contribution < -0.4 is 0 Å². The normalized spacial score (nSPS) is 17.2. The highest BCUT2D eigenvalue weighted by Crippen LogP contribution is 2.25. The van der Waals surface area contributed by atoms with Crippen LogP contribution in [0.4, 0.5) is 0 Å². The van der Waals surface area contributed by atoms with Gasteiger partial charge in [-0.1, -0.05) is 43.5 Å². The number of benzene rings is 2. The fourth-order valence-corrected chi connectivity index (χ4v) is 5.99. The van der Waals surface area contributed by atoms with Crippen molar-refractivity contribution in [3.63, 3.8) is 0 Å². The molecule has 176 valence electrons. The van der Waals surface area contributed by atoms with Crippen molar-refractivity contribution < 1.29 is 22.7 Å². The summed E-state index contributed by atoms with van der Waals surface area (Å²) < 4.78 is 32.8. The summed E-state index contributed by atoms with van der Waals surface area (Å²) in [6.07, 6.45) is 6.05. The summed E-state index contributed by atoms with van der Waals surface area (Å²) in [7, 11) is -1.92. The summed E-state index contributed by atoms with van der Waals surface area (Å²) in [6.45, 7) is 0.428. The van der Waals surface area contributed by atoms with E-state index < -0.39 is 16.0 Å². The molecule has 33 heavy (non-hydrogen) atoms. The van der Waals surface area contributed by atoms with E-state index in [9.17, 15) is 18.0 Å². The van der Waals surface area contributed by atoms with E-state index in [2.05, 4.69) is 0 Å². The molecule has 0 unspecified atom stereocenters. The van der Waals surface area contributed by atoms with Gasteiger partial charge < -0.3 is 9.64 Å². The molecule has 0 aromatic heterocycles. The molecular weight excluding hydrogens is 440 g/mol. The summed E-state index contributed by atoms with van der Waals surface area (Å²) in [4.78, 5) is 26.6. The van der Waals surface area contributed by atoms with Crippen LogP contribution in [0.25, 0.3) is 0 Å². The first-order valence-corrected chi connectivity index (χ1v) is 12.9. The summed E-state index contributed by atoms with van der Waals surface area (Å²) in [5, 5.41) is 0. The lowest BCUT2D eigenvalue weighted by Crippen LogP contribution is -2.40. The van der Waals surface area contributed by atoms with Gasteiger partial charge in [0.05, 0.1) is 10.5 Å². The van der Waals surface area contributed by atoms with E-state index >= 15 is 0 Å². The van der Waals surface area contributed by atoms with Gasteiger partial charge in [0.15, 0.2) is 6.61 Å². The highest BCUT2D eigenvalue weighted by Gasteiger charge is 2.28. The summed E-state index contributed by atoms with van der Waals surface area (Å²) >= 11 is 0. The van der Waals surface area contributed by atoms with Crippen molar-refractivity contribution in [3.05, 3.63) is 65.2 Å². The quantitative estimate of drug-likeness (QED) is 0.605. The monoisotopic (exact) mass is 470 g/mol. The first-order valence-electron chi connectivity index (χ1n) is 11.5. The molecule has 0 bridgehead atoms. The highest BCUT2D eigenvalue weighted by molar-refractivity contribution is 7.89. The fraction of sp³-hybridized carbons (Fsp3) is 0.440. The van der Waals surface area contributed by atoms with Crippen LogP contribution in [0, 0.1) is 0 Å². The molecule has 1 fully saturated rings. The number of likely N-dealkylation sites (N-methyl/N-ethyl adjacent to an activating group) is 1. The number of carbonyl (C=O) groups excluding carboxylic acids is 2. The van der Waals surface area contributed by atoms with E-state index in [1.807, 2.05) is 24.3 Å². The Morgan fingerprint density at radius 2 is 1.67 bits per heavy atom. The lowest BCUT2D eigenvalue weighted by Gasteiger charge is -2.31. The molecule has 2 aliphatic rings. The van der Waals surface area contributed by atoms with Gasteiger partial charge in [0.25, 0.3) is 5.91 Å². The minimum atomic E-state index is -3.68. The molecule has 1 saturated carbocycles. The topological polar surface area (TPSA) is 84.0 Å². The van der Waals surface area contributed by atoms with Crippen LogP contribution in [0.3, 0.4) is 0 Å². The molecule has 7 nitrogen and oxygen atoms in total. The zero-order chi connectivity index (χ0) is 23.4. The average Bonchev–Trinajstić information content (AvgIpc) is 2.86. The molecular formula is C25H30N2O5S. The van der Waals surface area contributed by atoms with E-state index in [-0.39, 0.29) is 29.0 Å². The molecule has 0 radical (unpaired) electrons. The largest absolute Gasteiger partial charge is 0.452 e. The molecule has 1 heterocycles. The first kappa shape index (κ1) is 23.4. The Morgan fingerprint density at radius 3 is 2.36 bits per heavy atom. The van der Waals surface area contributed by atoms with Crippen molar-refractivity contribution in [2.75, 3.05) is 20.2 Å². The number of sulfonamides is 1. The summed E-state index contributed by atoms with van der Waals surface area (Å²) in [6, 6.07) is 13.8. The van der Waals surface area contributed by atoms with Crippen molar-refractivity contribution >= 4 is 21.9 Å². The molecule has 1 aliphatic carbocycles. The van der Waals surface area contributed by atoms with Gasteiger partial charge in [0.1, 0.15) is 0 Å². The van der Waals surface area contributed by atoms with Gasteiger partial charge in [0, 0.05) is 26.2 Å². The Kier molecular flexibility index (Phi) is 7.14. The first-order chi connectivity index (χ1) is 15.9. The zero-order valence-corrected chi connectivity index (χ0v) is 19.7. The SMILES string of the molecule is CN(C(=O)COC(=O)c1ccc(S(=O)(=O)N2CCc3ccccc3C2)cc1)C1CCCCC1. The number of carbonyl (C=O) groups is 2. The molecule has 0 spiro atoms. The number of ether oxygens (including phenoxy) is 1. The van der Waals surface area contributed by atoms with Gasteiger partial charge in [-0.15, -0.1) is 0 Å². The van der Waals surface area contributed by atoms with Crippen LogP contribution in [0.15, 0.2) is 53.4 Å². The van der Waals surface area contributed by atoms with Gasteiger partial charge >= 0.3 is 5.97 Å². The minimum Gasteiger partial charge on any atom is -0.452 e. The third kappa shape index (κ3) is 5.28.